The second-order valence-electron chi connectivity index (χ2n) is 4.46. The van der Waals surface area contributed by atoms with Crippen molar-refractivity contribution in [3.05, 3.63) is 55.0 Å². The first-order chi connectivity index (χ1) is 10.3. The first kappa shape index (κ1) is 13.6. The van der Waals surface area contributed by atoms with E-state index in [1.54, 1.807) is 36.4 Å². The van der Waals surface area contributed by atoms with E-state index >= 15 is 0 Å². The van der Waals surface area contributed by atoms with Gasteiger partial charge in [-0.1, -0.05) is 12.1 Å². The molecule has 2 heterocycles. The summed E-state index contributed by atoms with van der Waals surface area (Å²) < 4.78 is 0. The molecule has 0 aliphatic rings. The van der Waals surface area contributed by atoms with E-state index in [0.717, 1.165) is 16.7 Å². The molecule has 0 aliphatic heterocycles. The van der Waals surface area contributed by atoms with Gasteiger partial charge in [0.05, 0.1) is 5.56 Å². The van der Waals surface area contributed by atoms with E-state index in [9.17, 15) is 0 Å². The van der Waals surface area contributed by atoms with Crippen molar-refractivity contribution in [1.82, 2.24) is 15.0 Å². The van der Waals surface area contributed by atoms with Crippen LogP contribution in [0.2, 0.25) is 0 Å². The molecule has 21 heavy (non-hydrogen) atoms. The largest absolute Gasteiger partial charge is 0.383 e. The Bertz CT molecular complexity index is 742. The van der Waals surface area contributed by atoms with E-state index < -0.39 is 0 Å². The van der Waals surface area contributed by atoms with Gasteiger partial charge in [0.2, 0.25) is 0 Å². The molecule has 0 unspecified atom stereocenters. The summed E-state index contributed by atoms with van der Waals surface area (Å²) in [4.78, 5) is 14.0. The highest BCUT2D eigenvalue weighted by Gasteiger charge is 2.09. The molecule has 1 aromatic carbocycles. The van der Waals surface area contributed by atoms with Crippen molar-refractivity contribution in [2.75, 3.05) is 12.0 Å². The zero-order valence-electron chi connectivity index (χ0n) is 11.5. The third-order valence-electron chi connectivity index (χ3n) is 3.15. The minimum absolute atomic E-state index is 0.436. The van der Waals surface area contributed by atoms with Crippen LogP contribution in [0.3, 0.4) is 0 Å². The Morgan fingerprint density at radius 1 is 0.952 bits per heavy atom. The van der Waals surface area contributed by atoms with E-state index in [-0.39, 0.29) is 0 Å². The zero-order chi connectivity index (χ0) is 14.7. The van der Waals surface area contributed by atoms with Crippen LogP contribution in [0.4, 0.5) is 5.82 Å². The standard InChI is InChI=1S/C16H14N4S/c1-21-13-5-3-11(4-6-13)12-9-14(15(17)20-10-12)16-18-7-2-8-19-16/h2-10H,1H3,(H2,17,20). The summed E-state index contributed by atoms with van der Waals surface area (Å²) >= 11 is 1.72. The summed E-state index contributed by atoms with van der Waals surface area (Å²) in [6.07, 6.45) is 7.23. The molecule has 0 radical (unpaired) electrons. The number of pyridine rings is 1. The normalized spacial score (nSPS) is 10.5. The van der Waals surface area contributed by atoms with Crippen molar-refractivity contribution >= 4 is 17.6 Å². The highest BCUT2D eigenvalue weighted by Crippen LogP contribution is 2.28. The van der Waals surface area contributed by atoms with Gasteiger partial charge in [0.1, 0.15) is 5.82 Å². The number of nitrogens with two attached hydrogens (primary N) is 1. The maximum absolute atomic E-state index is 5.95. The van der Waals surface area contributed by atoms with Crippen LogP contribution in [0.5, 0.6) is 0 Å². The second-order valence-corrected chi connectivity index (χ2v) is 5.34. The smallest absolute Gasteiger partial charge is 0.162 e. The van der Waals surface area contributed by atoms with Gasteiger partial charge in [-0.25, -0.2) is 15.0 Å². The predicted octanol–water partition coefficient (Wildman–Crippen LogP) is 3.51. The number of hydrogen-bond acceptors (Lipinski definition) is 5. The van der Waals surface area contributed by atoms with Crippen LogP contribution in [0.15, 0.2) is 59.9 Å². The van der Waals surface area contributed by atoms with Crippen LogP contribution in [0.25, 0.3) is 22.5 Å². The van der Waals surface area contributed by atoms with Crippen molar-refractivity contribution < 1.29 is 0 Å². The summed E-state index contributed by atoms with van der Waals surface area (Å²) in [5.74, 6) is 1.02. The highest BCUT2D eigenvalue weighted by molar-refractivity contribution is 7.98. The molecule has 4 nitrogen and oxygen atoms in total. The Morgan fingerprint density at radius 3 is 2.33 bits per heavy atom. The molecule has 0 saturated carbocycles. The Morgan fingerprint density at radius 2 is 1.67 bits per heavy atom. The summed E-state index contributed by atoms with van der Waals surface area (Å²) in [6, 6.07) is 12.1. The number of nitrogen functional groups attached to an aromatic ring is 1. The van der Waals surface area contributed by atoms with Gasteiger partial charge in [-0.05, 0) is 36.1 Å². The fraction of sp³-hybridized carbons (Fsp3) is 0.0625. The lowest BCUT2D eigenvalue weighted by Crippen LogP contribution is -1.97. The van der Waals surface area contributed by atoms with Crippen LogP contribution >= 0.6 is 11.8 Å². The van der Waals surface area contributed by atoms with Crippen LogP contribution in [-0.4, -0.2) is 21.2 Å². The molecule has 0 fully saturated rings. The Balaban J connectivity index is 2.04. The van der Waals surface area contributed by atoms with E-state index in [0.29, 0.717) is 11.6 Å². The minimum atomic E-state index is 0.436. The highest BCUT2D eigenvalue weighted by atomic mass is 32.2. The fourth-order valence-corrected chi connectivity index (χ4v) is 2.44. The van der Waals surface area contributed by atoms with Crippen molar-refractivity contribution in [2.24, 2.45) is 0 Å². The van der Waals surface area contributed by atoms with Crippen molar-refractivity contribution in [1.29, 1.82) is 0 Å². The molecule has 2 N–H and O–H groups in total. The predicted molar refractivity (Wildman–Crippen MR) is 86.9 cm³/mol. The number of anilines is 1. The summed E-state index contributed by atoms with van der Waals surface area (Å²) in [5, 5.41) is 0. The molecule has 0 atom stereocenters. The van der Waals surface area contributed by atoms with Gasteiger partial charge in [-0.2, -0.15) is 0 Å². The number of benzene rings is 1. The van der Waals surface area contributed by atoms with Gasteiger partial charge in [0.15, 0.2) is 5.82 Å². The first-order valence-corrected chi connectivity index (χ1v) is 7.68. The number of hydrogen-bond donors (Lipinski definition) is 1. The molecule has 0 bridgehead atoms. The van der Waals surface area contributed by atoms with E-state index in [2.05, 4.69) is 45.5 Å². The second kappa shape index (κ2) is 5.93. The van der Waals surface area contributed by atoms with Gasteiger partial charge in [0, 0.05) is 29.0 Å². The minimum Gasteiger partial charge on any atom is -0.383 e. The Kier molecular flexibility index (Phi) is 3.83. The van der Waals surface area contributed by atoms with Gasteiger partial charge < -0.3 is 5.73 Å². The first-order valence-electron chi connectivity index (χ1n) is 6.45. The maximum Gasteiger partial charge on any atom is 0.162 e. The molecular formula is C16H14N4S. The van der Waals surface area contributed by atoms with Crippen LogP contribution in [-0.2, 0) is 0 Å². The van der Waals surface area contributed by atoms with E-state index in [1.165, 1.54) is 4.90 Å². The van der Waals surface area contributed by atoms with Crippen LogP contribution < -0.4 is 5.73 Å². The van der Waals surface area contributed by atoms with Gasteiger partial charge >= 0.3 is 0 Å². The lowest BCUT2D eigenvalue weighted by atomic mass is 10.1. The van der Waals surface area contributed by atoms with Crippen LogP contribution in [0.1, 0.15) is 0 Å². The average Bonchev–Trinajstić information content (AvgIpc) is 2.56. The zero-order valence-corrected chi connectivity index (χ0v) is 12.3. The number of nitrogens with zero attached hydrogens (tertiary/aromatic N) is 3. The lowest BCUT2D eigenvalue weighted by Gasteiger charge is -2.07. The summed E-state index contributed by atoms with van der Waals surface area (Å²) in [6.45, 7) is 0. The Labute approximate surface area is 127 Å². The summed E-state index contributed by atoms with van der Waals surface area (Å²) in [7, 11) is 0. The number of aromatic nitrogens is 3. The third-order valence-corrected chi connectivity index (χ3v) is 3.89. The molecule has 3 aromatic rings. The van der Waals surface area contributed by atoms with Gasteiger partial charge in [-0.3, -0.25) is 0 Å². The fourth-order valence-electron chi connectivity index (χ4n) is 2.03. The van der Waals surface area contributed by atoms with E-state index in [4.69, 9.17) is 5.73 Å². The molecule has 0 saturated heterocycles. The SMILES string of the molecule is CSc1ccc(-c2cnc(N)c(-c3ncccn3)c2)cc1. The molecule has 0 spiro atoms. The van der Waals surface area contributed by atoms with Crippen molar-refractivity contribution in [2.45, 2.75) is 4.90 Å². The van der Waals surface area contributed by atoms with Crippen molar-refractivity contribution in [3.8, 4) is 22.5 Å². The lowest BCUT2D eigenvalue weighted by molar-refractivity contribution is 1.17. The van der Waals surface area contributed by atoms with E-state index in [1.807, 2.05) is 6.07 Å². The molecule has 3 rings (SSSR count). The number of rotatable bonds is 3. The van der Waals surface area contributed by atoms with Crippen molar-refractivity contribution in [3.63, 3.8) is 0 Å². The molecule has 2 aromatic heterocycles. The Hall–Kier alpha value is -2.40. The molecule has 0 aliphatic carbocycles. The molecule has 0 amide bonds. The quantitative estimate of drug-likeness (QED) is 0.749. The third kappa shape index (κ3) is 2.87. The topological polar surface area (TPSA) is 64.7 Å². The monoisotopic (exact) mass is 294 g/mol. The summed E-state index contributed by atoms with van der Waals surface area (Å²) in [5.41, 5.74) is 8.80. The van der Waals surface area contributed by atoms with Crippen LogP contribution in [0, 0.1) is 0 Å². The molecule has 5 heteroatoms. The molecular weight excluding hydrogens is 280 g/mol. The maximum atomic E-state index is 5.95. The molecule has 104 valence electrons. The number of thioether (sulfide) groups is 1. The van der Waals surface area contributed by atoms with Gasteiger partial charge in [-0.15, -0.1) is 11.8 Å². The van der Waals surface area contributed by atoms with Gasteiger partial charge in [0.25, 0.3) is 0 Å². The average molecular weight is 294 g/mol.